The van der Waals surface area contributed by atoms with Gasteiger partial charge in [0.25, 0.3) is 0 Å². The minimum absolute atomic E-state index is 0.721. The van der Waals surface area contributed by atoms with Crippen LogP contribution in [0.4, 0.5) is 0 Å². The van der Waals surface area contributed by atoms with Gasteiger partial charge in [-0.3, -0.25) is 4.90 Å². The molecule has 1 saturated heterocycles. The van der Waals surface area contributed by atoms with Gasteiger partial charge in [0, 0.05) is 13.1 Å². The van der Waals surface area contributed by atoms with Crippen molar-refractivity contribution in [1.29, 1.82) is 0 Å². The molecule has 0 atom stereocenters. The van der Waals surface area contributed by atoms with Crippen LogP contribution < -0.4 is 5.32 Å². The van der Waals surface area contributed by atoms with Crippen LogP contribution in [0.3, 0.4) is 0 Å². The molecule has 1 N–H and O–H groups in total. The first-order valence-corrected chi connectivity index (χ1v) is 7.72. The fourth-order valence-corrected chi connectivity index (χ4v) is 2.89. The van der Waals surface area contributed by atoms with E-state index < -0.39 is 0 Å². The van der Waals surface area contributed by atoms with Crippen molar-refractivity contribution in [3.05, 3.63) is 17.2 Å². The largest absolute Gasteiger partial charge is 0.321 e. The summed E-state index contributed by atoms with van der Waals surface area (Å²) in [6, 6.07) is 0.840. The lowest BCUT2D eigenvalue weighted by Gasteiger charge is -2.31. The molecule has 1 aliphatic carbocycles. The Labute approximate surface area is 120 Å². The van der Waals surface area contributed by atoms with Gasteiger partial charge < -0.3 is 9.88 Å². The zero-order valence-electron chi connectivity index (χ0n) is 11.6. The van der Waals surface area contributed by atoms with Crippen molar-refractivity contribution in [3.63, 3.8) is 0 Å². The predicted molar refractivity (Wildman–Crippen MR) is 77.2 cm³/mol. The second-order valence-corrected chi connectivity index (χ2v) is 6.35. The highest BCUT2D eigenvalue weighted by Gasteiger charge is 2.24. The van der Waals surface area contributed by atoms with Gasteiger partial charge in [-0.05, 0) is 51.2 Å². The number of piperidine rings is 1. The summed E-state index contributed by atoms with van der Waals surface area (Å²) >= 11 is 6.02. The van der Waals surface area contributed by atoms with Crippen LogP contribution in [0.2, 0.25) is 5.15 Å². The molecule has 19 heavy (non-hydrogen) atoms. The number of rotatable bonds is 5. The lowest BCUT2D eigenvalue weighted by molar-refractivity contribution is 0.170. The van der Waals surface area contributed by atoms with Crippen molar-refractivity contribution in [2.75, 3.05) is 19.6 Å². The second kappa shape index (κ2) is 5.81. The Morgan fingerprint density at radius 3 is 2.63 bits per heavy atom. The maximum absolute atomic E-state index is 6.02. The van der Waals surface area contributed by atoms with Gasteiger partial charge in [0.2, 0.25) is 0 Å². The molecule has 4 nitrogen and oxygen atoms in total. The highest BCUT2D eigenvalue weighted by Crippen LogP contribution is 2.22. The Morgan fingerprint density at radius 1 is 1.32 bits per heavy atom. The molecule has 1 aromatic heterocycles. The number of hydrogen-bond donors (Lipinski definition) is 1. The molecule has 1 saturated carbocycles. The summed E-state index contributed by atoms with van der Waals surface area (Å²) in [5, 5.41) is 4.37. The van der Waals surface area contributed by atoms with Gasteiger partial charge in [-0.1, -0.05) is 11.6 Å². The third-order valence-electron chi connectivity index (χ3n) is 4.37. The fourth-order valence-electron chi connectivity index (χ4n) is 2.74. The molecule has 2 heterocycles. The molecule has 0 unspecified atom stereocenters. The quantitative estimate of drug-likeness (QED) is 0.897. The van der Waals surface area contributed by atoms with Gasteiger partial charge >= 0.3 is 0 Å². The van der Waals surface area contributed by atoms with E-state index in [0.717, 1.165) is 29.5 Å². The van der Waals surface area contributed by atoms with E-state index in [1.807, 2.05) is 11.6 Å². The smallest absolute Gasteiger partial charge is 0.128 e. The first kappa shape index (κ1) is 13.4. The summed E-state index contributed by atoms with van der Waals surface area (Å²) in [5.41, 5.74) is 0. The van der Waals surface area contributed by atoms with Gasteiger partial charge in [-0.2, -0.15) is 0 Å². The molecular formula is C14H23ClN4. The first-order valence-electron chi connectivity index (χ1n) is 7.34. The molecule has 1 aliphatic heterocycles. The summed E-state index contributed by atoms with van der Waals surface area (Å²) < 4.78 is 1.97. The number of nitrogens with one attached hydrogen (secondary N) is 1. The summed E-state index contributed by atoms with van der Waals surface area (Å²) in [6.45, 7) is 4.50. The van der Waals surface area contributed by atoms with E-state index in [9.17, 15) is 0 Å². The molecule has 0 aromatic carbocycles. The van der Waals surface area contributed by atoms with E-state index in [4.69, 9.17) is 11.6 Å². The highest BCUT2D eigenvalue weighted by atomic mass is 35.5. The summed E-state index contributed by atoms with van der Waals surface area (Å²) in [5.74, 6) is 1.93. The fraction of sp³-hybridized carbons (Fsp3) is 0.786. The van der Waals surface area contributed by atoms with E-state index in [-0.39, 0.29) is 0 Å². The van der Waals surface area contributed by atoms with Crippen molar-refractivity contribution in [2.45, 2.75) is 38.3 Å². The summed E-state index contributed by atoms with van der Waals surface area (Å²) in [4.78, 5) is 6.87. The van der Waals surface area contributed by atoms with Crippen molar-refractivity contribution < 1.29 is 0 Å². The molecule has 0 radical (unpaired) electrons. The Balaban J connectivity index is 1.43. The molecule has 5 heteroatoms. The van der Waals surface area contributed by atoms with Crippen LogP contribution in [0.25, 0.3) is 0 Å². The number of imidazole rings is 1. The Kier molecular flexibility index (Phi) is 4.10. The third kappa shape index (κ3) is 3.50. The Bertz CT molecular complexity index is 419. The topological polar surface area (TPSA) is 33.1 Å². The summed E-state index contributed by atoms with van der Waals surface area (Å²) in [7, 11) is 1.98. The minimum Gasteiger partial charge on any atom is -0.321 e. The molecule has 1 aromatic rings. The number of likely N-dealkylation sites (tertiary alicyclic amines) is 1. The molecule has 106 valence electrons. The lowest BCUT2D eigenvalue weighted by Crippen LogP contribution is -2.37. The minimum atomic E-state index is 0.721. The lowest BCUT2D eigenvalue weighted by atomic mass is 9.97. The highest BCUT2D eigenvalue weighted by molar-refractivity contribution is 6.29. The zero-order valence-corrected chi connectivity index (χ0v) is 12.4. The molecule has 0 spiro atoms. The molecule has 2 aliphatic rings. The van der Waals surface area contributed by atoms with Crippen LogP contribution in [0.1, 0.15) is 31.5 Å². The van der Waals surface area contributed by atoms with E-state index in [0.29, 0.717) is 0 Å². The molecular weight excluding hydrogens is 260 g/mol. The van der Waals surface area contributed by atoms with Gasteiger partial charge in [0.1, 0.15) is 11.0 Å². The van der Waals surface area contributed by atoms with Crippen LogP contribution in [-0.2, 0) is 13.6 Å². The third-order valence-corrected chi connectivity index (χ3v) is 4.72. The SMILES string of the molecule is Cn1c(Cl)cnc1CN1CCC(CNC2CC2)CC1. The van der Waals surface area contributed by atoms with Crippen LogP contribution in [0.5, 0.6) is 0 Å². The molecule has 0 bridgehead atoms. The second-order valence-electron chi connectivity index (χ2n) is 5.96. The zero-order chi connectivity index (χ0) is 13.2. The number of nitrogens with zero attached hydrogens (tertiary/aromatic N) is 3. The van der Waals surface area contributed by atoms with Gasteiger partial charge in [-0.15, -0.1) is 0 Å². The van der Waals surface area contributed by atoms with E-state index in [2.05, 4.69) is 15.2 Å². The van der Waals surface area contributed by atoms with Crippen LogP contribution in [0.15, 0.2) is 6.20 Å². The van der Waals surface area contributed by atoms with Crippen LogP contribution in [-0.4, -0.2) is 40.1 Å². The van der Waals surface area contributed by atoms with Crippen LogP contribution in [0, 0.1) is 5.92 Å². The van der Waals surface area contributed by atoms with Gasteiger partial charge in [0.15, 0.2) is 0 Å². The van der Waals surface area contributed by atoms with E-state index in [1.165, 1.54) is 45.3 Å². The predicted octanol–water partition coefficient (Wildman–Crippen LogP) is 2.04. The van der Waals surface area contributed by atoms with Gasteiger partial charge in [-0.25, -0.2) is 4.98 Å². The standard InChI is InChI=1S/C14H23ClN4/c1-18-13(15)9-17-14(18)10-19-6-4-11(5-7-19)8-16-12-2-3-12/h9,11-12,16H,2-8,10H2,1H3. The normalized spacial score (nSPS) is 22.0. The Morgan fingerprint density at radius 2 is 2.05 bits per heavy atom. The van der Waals surface area contributed by atoms with Gasteiger partial charge in [0.05, 0.1) is 12.7 Å². The van der Waals surface area contributed by atoms with E-state index >= 15 is 0 Å². The van der Waals surface area contributed by atoms with Crippen LogP contribution >= 0.6 is 11.6 Å². The van der Waals surface area contributed by atoms with E-state index in [1.54, 1.807) is 6.20 Å². The molecule has 0 amide bonds. The monoisotopic (exact) mass is 282 g/mol. The van der Waals surface area contributed by atoms with Crippen molar-refractivity contribution >= 4 is 11.6 Å². The molecule has 2 fully saturated rings. The average Bonchev–Trinajstić information content (AvgIpc) is 3.20. The number of hydrogen-bond acceptors (Lipinski definition) is 3. The first-order chi connectivity index (χ1) is 9.22. The molecule has 3 rings (SSSR count). The average molecular weight is 283 g/mol. The number of aromatic nitrogens is 2. The number of halogens is 1. The van der Waals surface area contributed by atoms with Crippen molar-refractivity contribution in [2.24, 2.45) is 13.0 Å². The van der Waals surface area contributed by atoms with Crippen molar-refractivity contribution in [3.8, 4) is 0 Å². The van der Waals surface area contributed by atoms with Crippen molar-refractivity contribution in [1.82, 2.24) is 19.8 Å². The maximum atomic E-state index is 6.02. The Hall–Kier alpha value is -0.580. The maximum Gasteiger partial charge on any atom is 0.128 e. The summed E-state index contributed by atoms with van der Waals surface area (Å²) in [6.07, 6.45) is 7.12.